The van der Waals surface area contributed by atoms with Gasteiger partial charge in [0.15, 0.2) is 0 Å². The zero-order valence-corrected chi connectivity index (χ0v) is 13.5. The Morgan fingerprint density at radius 3 is 1.65 bits per heavy atom. The van der Waals surface area contributed by atoms with E-state index in [1.165, 1.54) is 53.5 Å². The molecule has 108 valence electrons. The van der Waals surface area contributed by atoms with Crippen LogP contribution >= 0.6 is 0 Å². The SMILES string of the molecule is C=C/C=C(\C)C1=CC=C(C)CC1.CC1=CC=C(C)CC1. The van der Waals surface area contributed by atoms with Crippen LogP contribution in [0.1, 0.15) is 53.4 Å². The Morgan fingerprint density at radius 2 is 1.30 bits per heavy atom. The van der Waals surface area contributed by atoms with E-state index in [4.69, 9.17) is 0 Å². The first-order valence-electron chi connectivity index (χ1n) is 7.52. The minimum absolute atomic E-state index is 1.18. The lowest BCUT2D eigenvalue weighted by atomic mass is 9.94. The molecule has 2 aliphatic carbocycles. The van der Waals surface area contributed by atoms with Crippen LogP contribution in [0.2, 0.25) is 0 Å². The number of allylic oxidation sites excluding steroid dienone is 11. The lowest BCUT2D eigenvalue weighted by Crippen LogP contribution is -1.92. The number of hydrogen-bond donors (Lipinski definition) is 0. The van der Waals surface area contributed by atoms with E-state index in [0.29, 0.717) is 0 Å². The summed E-state index contributed by atoms with van der Waals surface area (Å²) in [5.41, 5.74) is 7.28. The molecule has 0 aromatic rings. The van der Waals surface area contributed by atoms with Crippen LogP contribution in [0.4, 0.5) is 0 Å². The Labute approximate surface area is 125 Å². The molecule has 0 fully saturated rings. The molecule has 0 unspecified atom stereocenters. The Bertz CT molecular complexity index is 472. The van der Waals surface area contributed by atoms with Gasteiger partial charge in [0.05, 0.1) is 0 Å². The lowest BCUT2D eigenvalue weighted by Gasteiger charge is -2.11. The van der Waals surface area contributed by atoms with Gasteiger partial charge in [-0.05, 0) is 64.5 Å². The molecule has 0 aliphatic heterocycles. The van der Waals surface area contributed by atoms with Crippen LogP contribution in [0.25, 0.3) is 0 Å². The van der Waals surface area contributed by atoms with Crippen LogP contribution < -0.4 is 0 Å². The maximum atomic E-state index is 3.69. The van der Waals surface area contributed by atoms with E-state index in [1.807, 2.05) is 6.08 Å². The summed E-state index contributed by atoms with van der Waals surface area (Å²) in [6.07, 6.45) is 17.7. The second-order valence-electron chi connectivity index (χ2n) is 5.82. The van der Waals surface area contributed by atoms with Gasteiger partial charge in [0.1, 0.15) is 0 Å². The van der Waals surface area contributed by atoms with Crippen molar-refractivity contribution < 1.29 is 0 Å². The summed E-state index contributed by atoms with van der Waals surface area (Å²) in [7, 11) is 0. The molecule has 20 heavy (non-hydrogen) atoms. The van der Waals surface area contributed by atoms with Gasteiger partial charge in [0.25, 0.3) is 0 Å². The largest absolute Gasteiger partial charge is 0.0991 e. The quantitative estimate of drug-likeness (QED) is 0.504. The van der Waals surface area contributed by atoms with E-state index in [1.54, 1.807) is 0 Å². The monoisotopic (exact) mass is 268 g/mol. The van der Waals surface area contributed by atoms with E-state index >= 15 is 0 Å². The molecular weight excluding hydrogens is 240 g/mol. The first-order chi connectivity index (χ1) is 9.52. The maximum Gasteiger partial charge on any atom is -0.0239 e. The highest BCUT2D eigenvalue weighted by atomic mass is 14.1. The van der Waals surface area contributed by atoms with Crippen molar-refractivity contribution in [3.63, 3.8) is 0 Å². The van der Waals surface area contributed by atoms with Crippen LogP contribution in [-0.2, 0) is 0 Å². The second kappa shape index (κ2) is 8.58. The first kappa shape index (κ1) is 16.5. The van der Waals surface area contributed by atoms with Crippen molar-refractivity contribution in [1.82, 2.24) is 0 Å². The van der Waals surface area contributed by atoms with Gasteiger partial charge >= 0.3 is 0 Å². The average Bonchev–Trinajstić information content (AvgIpc) is 2.44. The van der Waals surface area contributed by atoms with Gasteiger partial charge in [-0.3, -0.25) is 0 Å². The topological polar surface area (TPSA) is 0 Å². The standard InChI is InChI=1S/C12H16.C8H12/c1-4-5-11(3)12-8-6-10(2)7-9-12;1-7-3-5-8(2)6-4-7/h4-6,8H,1,7,9H2,2-3H3;3,5H,4,6H2,1-2H3/b11-5+;. The highest BCUT2D eigenvalue weighted by Gasteiger charge is 2.03. The fraction of sp³-hybridized carbons (Fsp3) is 0.400. The maximum absolute atomic E-state index is 3.69. The Balaban J connectivity index is 0.000000217. The van der Waals surface area contributed by atoms with Gasteiger partial charge in [0.2, 0.25) is 0 Å². The highest BCUT2D eigenvalue weighted by molar-refractivity contribution is 5.37. The summed E-state index contributed by atoms with van der Waals surface area (Å²) in [4.78, 5) is 0. The molecule has 0 radical (unpaired) electrons. The molecule has 0 nitrogen and oxygen atoms in total. The Morgan fingerprint density at radius 1 is 0.850 bits per heavy atom. The molecule has 0 aromatic carbocycles. The molecule has 0 aromatic heterocycles. The molecular formula is C20H28. The van der Waals surface area contributed by atoms with Crippen LogP contribution in [0.15, 0.2) is 70.9 Å². The predicted octanol–water partition coefficient (Wildman–Crippen LogP) is 6.46. The van der Waals surface area contributed by atoms with Gasteiger partial charge in [-0.2, -0.15) is 0 Å². The molecule has 0 spiro atoms. The van der Waals surface area contributed by atoms with Gasteiger partial charge in [-0.1, -0.05) is 59.8 Å². The minimum atomic E-state index is 1.18. The zero-order chi connectivity index (χ0) is 15.0. The van der Waals surface area contributed by atoms with Crippen LogP contribution in [0, 0.1) is 0 Å². The molecule has 0 saturated heterocycles. The molecule has 0 atom stereocenters. The van der Waals surface area contributed by atoms with Crippen molar-refractivity contribution in [2.24, 2.45) is 0 Å². The van der Waals surface area contributed by atoms with Crippen molar-refractivity contribution in [2.75, 3.05) is 0 Å². The van der Waals surface area contributed by atoms with Crippen molar-refractivity contribution in [3.05, 3.63) is 70.9 Å². The zero-order valence-electron chi connectivity index (χ0n) is 13.5. The fourth-order valence-corrected chi connectivity index (χ4v) is 2.20. The molecule has 0 heterocycles. The smallest absolute Gasteiger partial charge is 0.0239 e. The number of rotatable bonds is 2. The van der Waals surface area contributed by atoms with Crippen molar-refractivity contribution >= 4 is 0 Å². The molecule has 0 bridgehead atoms. The van der Waals surface area contributed by atoms with Crippen molar-refractivity contribution in [1.29, 1.82) is 0 Å². The number of hydrogen-bond acceptors (Lipinski definition) is 0. The average molecular weight is 268 g/mol. The highest BCUT2D eigenvalue weighted by Crippen LogP contribution is 2.23. The molecule has 0 amide bonds. The molecule has 2 rings (SSSR count). The Kier molecular flexibility index (Phi) is 7.08. The normalized spacial score (nSPS) is 18.9. The Hall–Kier alpha value is -1.56. The molecule has 2 aliphatic rings. The summed E-state index contributed by atoms with van der Waals surface area (Å²) in [5.74, 6) is 0. The summed E-state index contributed by atoms with van der Waals surface area (Å²) in [6.45, 7) is 12.4. The van der Waals surface area contributed by atoms with Crippen molar-refractivity contribution in [3.8, 4) is 0 Å². The third-order valence-electron chi connectivity index (χ3n) is 3.80. The van der Waals surface area contributed by atoms with Gasteiger partial charge in [-0.25, -0.2) is 0 Å². The first-order valence-corrected chi connectivity index (χ1v) is 7.52. The summed E-state index contributed by atoms with van der Waals surface area (Å²) in [5, 5.41) is 0. The lowest BCUT2D eigenvalue weighted by molar-refractivity contribution is 0.906. The third-order valence-corrected chi connectivity index (χ3v) is 3.80. The second-order valence-corrected chi connectivity index (χ2v) is 5.82. The third kappa shape index (κ3) is 6.06. The molecule has 0 heteroatoms. The molecule has 0 saturated carbocycles. The van der Waals surface area contributed by atoms with Gasteiger partial charge in [0, 0.05) is 0 Å². The van der Waals surface area contributed by atoms with Gasteiger partial charge < -0.3 is 0 Å². The predicted molar refractivity (Wildman–Crippen MR) is 91.8 cm³/mol. The van der Waals surface area contributed by atoms with Crippen LogP contribution in [0.3, 0.4) is 0 Å². The van der Waals surface area contributed by atoms with E-state index < -0.39 is 0 Å². The van der Waals surface area contributed by atoms with E-state index in [9.17, 15) is 0 Å². The van der Waals surface area contributed by atoms with Crippen LogP contribution in [0.5, 0.6) is 0 Å². The van der Waals surface area contributed by atoms with Crippen molar-refractivity contribution in [2.45, 2.75) is 53.4 Å². The summed E-state index contributed by atoms with van der Waals surface area (Å²) >= 11 is 0. The summed E-state index contributed by atoms with van der Waals surface area (Å²) in [6, 6.07) is 0. The van der Waals surface area contributed by atoms with E-state index in [0.717, 1.165) is 0 Å². The van der Waals surface area contributed by atoms with E-state index in [-0.39, 0.29) is 0 Å². The summed E-state index contributed by atoms with van der Waals surface area (Å²) < 4.78 is 0. The fourth-order valence-electron chi connectivity index (χ4n) is 2.20. The molecule has 0 N–H and O–H groups in total. The van der Waals surface area contributed by atoms with E-state index in [2.05, 4.69) is 64.7 Å². The van der Waals surface area contributed by atoms with Crippen LogP contribution in [-0.4, -0.2) is 0 Å². The van der Waals surface area contributed by atoms with Gasteiger partial charge in [-0.15, -0.1) is 0 Å². The minimum Gasteiger partial charge on any atom is -0.0991 e.